The molecule has 1 aromatic heterocycles. The Bertz CT molecular complexity index is 786. The van der Waals surface area contributed by atoms with Crippen LogP contribution in [0.2, 0.25) is 0 Å². The van der Waals surface area contributed by atoms with Gasteiger partial charge in [0.2, 0.25) is 5.95 Å². The molecule has 1 fully saturated rings. The Hall–Kier alpha value is -2.02. The number of benzene rings is 1. The maximum atomic E-state index is 13.9. The van der Waals surface area contributed by atoms with Crippen LogP contribution in [0.1, 0.15) is 11.3 Å². The van der Waals surface area contributed by atoms with Gasteiger partial charge in [-0.15, -0.1) is 0 Å². The van der Waals surface area contributed by atoms with Gasteiger partial charge >= 0.3 is 0 Å². The Morgan fingerprint density at radius 2 is 1.83 bits per heavy atom. The molecule has 0 bridgehead atoms. The number of piperazine rings is 1. The van der Waals surface area contributed by atoms with Gasteiger partial charge in [0.1, 0.15) is 5.82 Å². The average Bonchev–Trinajstić information content (AvgIpc) is 3.05. The quantitative estimate of drug-likeness (QED) is 0.911. The van der Waals surface area contributed by atoms with Crippen LogP contribution >= 0.6 is 11.8 Å². The van der Waals surface area contributed by atoms with Crippen molar-refractivity contribution in [2.75, 3.05) is 36.0 Å². The van der Waals surface area contributed by atoms with Crippen molar-refractivity contribution in [1.29, 1.82) is 0 Å². The highest BCUT2D eigenvalue weighted by Crippen LogP contribution is 2.27. The number of hydrogen-bond acceptors (Lipinski definition) is 5. The monoisotopic (exact) mass is 332 g/mol. The van der Waals surface area contributed by atoms with Crippen LogP contribution in [0.15, 0.2) is 29.1 Å². The maximum Gasteiger partial charge on any atom is 0.256 e. The van der Waals surface area contributed by atoms with Gasteiger partial charge in [0.15, 0.2) is 0 Å². The molecule has 5 nitrogen and oxygen atoms in total. The van der Waals surface area contributed by atoms with Crippen molar-refractivity contribution in [2.24, 2.45) is 0 Å². The lowest BCUT2D eigenvalue weighted by molar-refractivity contribution is 0.593. The van der Waals surface area contributed by atoms with Crippen molar-refractivity contribution >= 4 is 23.4 Å². The van der Waals surface area contributed by atoms with Crippen LogP contribution in [0.25, 0.3) is 0 Å². The SMILES string of the molecule is O=c1[nH]c(N2CCN(c3ccccc3F)CC2)nc2c1CSC2. The predicted octanol–water partition coefficient (Wildman–Crippen LogP) is 1.98. The number of nitrogens with zero attached hydrogens (tertiary/aromatic N) is 3. The van der Waals surface area contributed by atoms with E-state index in [-0.39, 0.29) is 11.4 Å². The zero-order chi connectivity index (χ0) is 15.8. The summed E-state index contributed by atoms with van der Waals surface area (Å²) < 4.78 is 13.9. The molecule has 7 heteroatoms. The lowest BCUT2D eigenvalue weighted by Gasteiger charge is -2.36. The van der Waals surface area contributed by atoms with E-state index in [2.05, 4.69) is 14.9 Å². The van der Waals surface area contributed by atoms with Gasteiger partial charge < -0.3 is 9.80 Å². The molecule has 0 spiro atoms. The van der Waals surface area contributed by atoms with Gasteiger partial charge in [-0.25, -0.2) is 9.37 Å². The second-order valence-corrected chi connectivity index (χ2v) is 6.72. The van der Waals surface area contributed by atoms with E-state index in [0.29, 0.717) is 37.8 Å². The van der Waals surface area contributed by atoms with E-state index < -0.39 is 0 Å². The maximum absolute atomic E-state index is 13.9. The van der Waals surface area contributed by atoms with E-state index in [9.17, 15) is 9.18 Å². The van der Waals surface area contributed by atoms with E-state index in [1.165, 1.54) is 6.07 Å². The molecule has 1 N–H and O–H groups in total. The lowest BCUT2D eigenvalue weighted by Crippen LogP contribution is -2.47. The molecular formula is C16H17FN4OS. The van der Waals surface area contributed by atoms with Crippen molar-refractivity contribution in [1.82, 2.24) is 9.97 Å². The third-order valence-corrected chi connectivity index (χ3v) is 5.32. The van der Waals surface area contributed by atoms with Crippen molar-refractivity contribution in [3.8, 4) is 0 Å². The first-order valence-electron chi connectivity index (χ1n) is 7.66. The fourth-order valence-electron chi connectivity index (χ4n) is 3.07. The summed E-state index contributed by atoms with van der Waals surface area (Å²) >= 11 is 1.72. The lowest BCUT2D eigenvalue weighted by atomic mass is 10.2. The minimum atomic E-state index is -0.193. The largest absolute Gasteiger partial charge is 0.366 e. The average molecular weight is 332 g/mol. The zero-order valence-corrected chi connectivity index (χ0v) is 13.4. The Morgan fingerprint density at radius 1 is 1.09 bits per heavy atom. The first-order valence-corrected chi connectivity index (χ1v) is 8.82. The number of anilines is 2. The van der Waals surface area contributed by atoms with Crippen LogP contribution in [-0.2, 0) is 11.5 Å². The molecule has 0 amide bonds. The number of para-hydroxylation sites is 1. The van der Waals surface area contributed by atoms with Crippen LogP contribution in [0.5, 0.6) is 0 Å². The summed E-state index contributed by atoms with van der Waals surface area (Å²) in [5, 5.41) is 0. The van der Waals surface area contributed by atoms with Gasteiger partial charge in [0.25, 0.3) is 5.56 Å². The number of aromatic nitrogens is 2. The normalized spacial score (nSPS) is 17.4. The molecule has 1 saturated heterocycles. The first kappa shape index (κ1) is 14.6. The number of thioether (sulfide) groups is 1. The molecule has 1 aromatic carbocycles. The molecular weight excluding hydrogens is 315 g/mol. The number of nitrogens with one attached hydrogen (secondary N) is 1. The number of hydrogen-bond donors (Lipinski definition) is 1. The summed E-state index contributed by atoms with van der Waals surface area (Å²) in [6.45, 7) is 2.83. The van der Waals surface area contributed by atoms with Crippen LogP contribution in [0, 0.1) is 5.82 Å². The van der Waals surface area contributed by atoms with Crippen molar-refractivity contribution < 1.29 is 4.39 Å². The van der Waals surface area contributed by atoms with E-state index in [1.807, 2.05) is 11.0 Å². The number of rotatable bonds is 2. The van der Waals surface area contributed by atoms with Gasteiger partial charge in [-0.2, -0.15) is 11.8 Å². The number of H-pyrrole nitrogens is 1. The van der Waals surface area contributed by atoms with Gasteiger partial charge in [0, 0.05) is 43.2 Å². The third-order valence-electron chi connectivity index (χ3n) is 4.35. The van der Waals surface area contributed by atoms with Gasteiger partial charge in [-0.3, -0.25) is 9.78 Å². The molecule has 0 radical (unpaired) electrons. The van der Waals surface area contributed by atoms with E-state index in [0.717, 1.165) is 22.8 Å². The topological polar surface area (TPSA) is 52.2 Å². The Balaban J connectivity index is 1.51. The summed E-state index contributed by atoms with van der Waals surface area (Å²) in [7, 11) is 0. The number of aromatic amines is 1. The number of fused-ring (bicyclic) bond motifs is 1. The highest BCUT2D eigenvalue weighted by molar-refractivity contribution is 7.98. The van der Waals surface area contributed by atoms with E-state index in [1.54, 1.807) is 23.9 Å². The molecule has 120 valence electrons. The fraction of sp³-hybridized carbons (Fsp3) is 0.375. The van der Waals surface area contributed by atoms with Gasteiger partial charge in [0.05, 0.1) is 11.4 Å². The van der Waals surface area contributed by atoms with Crippen molar-refractivity contribution in [3.63, 3.8) is 0 Å². The van der Waals surface area contributed by atoms with Gasteiger partial charge in [-0.05, 0) is 12.1 Å². The summed E-state index contributed by atoms with van der Waals surface area (Å²) in [6, 6.07) is 6.84. The minimum Gasteiger partial charge on any atom is -0.366 e. The van der Waals surface area contributed by atoms with E-state index >= 15 is 0 Å². The van der Waals surface area contributed by atoms with Crippen LogP contribution in [-0.4, -0.2) is 36.1 Å². The molecule has 0 aliphatic carbocycles. The second-order valence-electron chi connectivity index (χ2n) is 5.73. The highest BCUT2D eigenvalue weighted by Gasteiger charge is 2.23. The summed E-state index contributed by atoms with van der Waals surface area (Å²) in [5.41, 5.74) is 2.33. The molecule has 3 heterocycles. The van der Waals surface area contributed by atoms with Crippen LogP contribution in [0.3, 0.4) is 0 Å². The first-order chi connectivity index (χ1) is 11.2. The molecule has 23 heavy (non-hydrogen) atoms. The van der Waals surface area contributed by atoms with Crippen LogP contribution in [0.4, 0.5) is 16.0 Å². The highest BCUT2D eigenvalue weighted by atomic mass is 32.2. The molecule has 2 aromatic rings. The van der Waals surface area contributed by atoms with Crippen molar-refractivity contribution in [3.05, 3.63) is 51.7 Å². The molecule has 0 atom stereocenters. The number of halogens is 1. The molecule has 2 aliphatic heterocycles. The minimum absolute atomic E-state index is 0.0217. The second kappa shape index (κ2) is 5.88. The zero-order valence-electron chi connectivity index (χ0n) is 12.6. The summed E-state index contributed by atoms with van der Waals surface area (Å²) in [6.07, 6.45) is 0. The Morgan fingerprint density at radius 3 is 2.61 bits per heavy atom. The fourth-order valence-corrected chi connectivity index (χ4v) is 4.10. The van der Waals surface area contributed by atoms with Crippen molar-refractivity contribution in [2.45, 2.75) is 11.5 Å². The predicted molar refractivity (Wildman–Crippen MR) is 90.7 cm³/mol. The molecule has 0 unspecified atom stereocenters. The summed E-state index contributed by atoms with van der Waals surface area (Å²) in [5.74, 6) is 2.01. The standard InChI is InChI=1S/C16H17FN4OS/c17-12-3-1-2-4-14(12)20-5-7-21(8-6-20)16-18-13-10-23-9-11(13)15(22)19-16/h1-4H,5-10H2,(H,18,19,22). The summed E-state index contributed by atoms with van der Waals surface area (Å²) in [4.78, 5) is 23.7. The third kappa shape index (κ3) is 2.69. The molecule has 2 aliphatic rings. The van der Waals surface area contributed by atoms with Gasteiger partial charge in [-0.1, -0.05) is 12.1 Å². The molecule has 4 rings (SSSR count). The van der Waals surface area contributed by atoms with Crippen LogP contribution < -0.4 is 15.4 Å². The van der Waals surface area contributed by atoms with E-state index in [4.69, 9.17) is 0 Å². The molecule has 0 saturated carbocycles. The Labute approximate surface area is 137 Å². The Kier molecular flexibility index (Phi) is 3.72. The smallest absolute Gasteiger partial charge is 0.256 e.